The zero-order valence-electron chi connectivity index (χ0n) is 8.41. The number of benzene rings is 1. The minimum atomic E-state index is -4.48. The number of aromatic nitrogens is 2. The van der Waals surface area contributed by atoms with E-state index in [0.717, 1.165) is 0 Å². The maximum absolute atomic E-state index is 12.3. The second kappa shape index (κ2) is 3.99. The quantitative estimate of drug-likeness (QED) is 0.800. The minimum absolute atomic E-state index is 0.186. The summed E-state index contributed by atoms with van der Waals surface area (Å²) in [5.41, 5.74) is -0.303. The highest BCUT2D eigenvalue weighted by Gasteiger charge is 2.29. The molecule has 0 bridgehead atoms. The normalized spacial score (nSPS) is 11.9. The van der Waals surface area contributed by atoms with Crippen LogP contribution in [0.15, 0.2) is 29.1 Å². The fraction of sp³-hybridized carbons (Fsp3) is 0.200. The van der Waals surface area contributed by atoms with Gasteiger partial charge in [0.1, 0.15) is 6.54 Å². The summed E-state index contributed by atoms with van der Waals surface area (Å²) in [6.45, 7) is -1.38. The number of hydrogen-bond acceptors (Lipinski definition) is 2. The van der Waals surface area contributed by atoms with Crippen LogP contribution < -0.4 is 5.56 Å². The molecule has 2 rings (SSSR count). The fourth-order valence-electron chi connectivity index (χ4n) is 1.52. The Hall–Kier alpha value is -1.63. The molecule has 3 nitrogen and oxygen atoms in total. The van der Waals surface area contributed by atoms with E-state index in [1.54, 1.807) is 18.2 Å². The van der Waals surface area contributed by atoms with Gasteiger partial charge in [0.05, 0.1) is 10.9 Å². The van der Waals surface area contributed by atoms with Crippen molar-refractivity contribution in [3.63, 3.8) is 0 Å². The zero-order valence-corrected chi connectivity index (χ0v) is 9.23. The van der Waals surface area contributed by atoms with Gasteiger partial charge in [-0.3, -0.25) is 9.36 Å². The van der Waals surface area contributed by atoms with E-state index in [0.29, 0.717) is 10.1 Å². The molecule has 1 aromatic carbocycles. The van der Waals surface area contributed by atoms with Gasteiger partial charge < -0.3 is 4.98 Å². The van der Waals surface area contributed by atoms with Crippen LogP contribution in [0.25, 0.3) is 10.9 Å². The number of fused-ring (bicyclic) bond motifs is 1. The second-order valence-electron chi connectivity index (χ2n) is 3.48. The lowest BCUT2D eigenvalue weighted by molar-refractivity contribution is -0.141. The van der Waals surface area contributed by atoms with Crippen LogP contribution in [0.2, 0.25) is 0 Å². The Labute approximate surface area is 98.5 Å². The molecule has 0 aliphatic rings. The van der Waals surface area contributed by atoms with Gasteiger partial charge in [-0.05, 0) is 24.4 Å². The summed E-state index contributed by atoms with van der Waals surface area (Å²) in [6, 6.07) is 6.29. The molecule has 0 radical (unpaired) electrons. The Morgan fingerprint density at radius 1 is 1.29 bits per heavy atom. The number of halogens is 3. The molecule has 7 heteroatoms. The number of H-pyrrole nitrogens is 1. The Kier molecular flexibility index (Phi) is 2.78. The molecule has 0 amide bonds. The molecule has 90 valence electrons. The molecule has 1 aromatic heterocycles. The largest absolute Gasteiger partial charge is 0.406 e. The summed E-state index contributed by atoms with van der Waals surface area (Å²) in [4.78, 5) is 14.4. The highest BCUT2D eigenvalue weighted by atomic mass is 32.1. The smallest absolute Gasteiger partial charge is 0.332 e. The Balaban J connectivity index is 2.73. The number of para-hydroxylation sites is 1. The molecule has 17 heavy (non-hydrogen) atoms. The van der Waals surface area contributed by atoms with Crippen molar-refractivity contribution >= 4 is 23.1 Å². The van der Waals surface area contributed by atoms with E-state index in [1.165, 1.54) is 6.07 Å². The maximum Gasteiger partial charge on any atom is 0.406 e. The molecule has 0 aliphatic carbocycles. The lowest BCUT2D eigenvalue weighted by Crippen LogP contribution is -2.29. The number of nitrogens with zero attached hydrogens (tertiary/aromatic N) is 1. The molecule has 0 unspecified atom stereocenters. The van der Waals surface area contributed by atoms with E-state index in [1.807, 2.05) is 0 Å². The third-order valence-electron chi connectivity index (χ3n) is 2.23. The molecule has 1 N–H and O–H groups in total. The van der Waals surface area contributed by atoms with Crippen molar-refractivity contribution < 1.29 is 13.2 Å². The van der Waals surface area contributed by atoms with Crippen LogP contribution in [0.1, 0.15) is 0 Å². The van der Waals surface area contributed by atoms with E-state index in [2.05, 4.69) is 4.98 Å². The van der Waals surface area contributed by atoms with E-state index in [-0.39, 0.29) is 10.2 Å². The van der Waals surface area contributed by atoms with Crippen molar-refractivity contribution in [2.24, 2.45) is 0 Å². The number of rotatable bonds is 1. The molecule has 0 aliphatic heterocycles. The predicted octanol–water partition coefficient (Wildman–Crippen LogP) is 2.62. The predicted molar refractivity (Wildman–Crippen MR) is 59.4 cm³/mol. The van der Waals surface area contributed by atoms with Crippen molar-refractivity contribution in [1.29, 1.82) is 0 Å². The Morgan fingerprint density at radius 2 is 1.94 bits per heavy atom. The third kappa shape index (κ3) is 2.38. The summed E-state index contributed by atoms with van der Waals surface area (Å²) < 4.78 is 37.1. The molecule has 0 spiro atoms. The topological polar surface area (TPSA) is 37.8 Å². The molecular formula is C10H7F3N2OS. The number of nitrogens with one attached hydrogen (secondary N) is 1. The first-order valence-electron chi connectivity index (χ1n) is 4.67. The first-order chi connectivity index (χ1) is 7.88. The van der Waals surface area contributed by atoms with Gasteiger partial charge in [-0.25, -0.2) is 0 Å². The van der Waals surface area contributed by atoms with Crippen molar-refractivity contribution in [2.45, 2.75) is 12.7 Å². The SMILES string of the molecule is O=c1c2ccccc2[nH]c(=S)n1CC(F)(F)F. The van der Waals surface area contributed by atoms with E-state index >= 15 is 0 Å². The third-order valence-corrected chi connectivity index (χ3v) is 2.55. The van der Waals surface area contributed by atoms with Crippen molar-refractivity contribution in [1.82, 2.24) is 9.55 Å². The maximum atomic E-state index is 12.3. The summed E-state index contributed by atoms with van der Waals surface area (Å²) in [7, 11) is 0. The van der Waals surface area contributed by atoms with Crippen LogP contribution in [0.4, 0.5) is 13.2 Å². The molecule has 0 saturated carbocycles. The van der Waals surface area contributed by atoms with Gasteiger partial charge >= 0.3 is 6.18 Å². The van der Waals surface area contributed by atoms with Crippen molar-refractivity contribution in [2.75, 3.05) is 0 Å². The average Bonchev–Trinajstić information content (AvgIpc) is 2.23. The van der Waals surface area contributed by atoms with Crippen LogP contribution >= 0.6 is 12.2 Å². The average molecular weight is 260 g/mol. The fourth-order valence-corrected chi connectivity index (χ4v) is 1.78. The van der Waals surface area contributed by atoms with Gasteiger partial charge in [0.25, 0.3) is 5.56 Å². The Bertz CT molecular complexity index is 672. The van der Waals surface area contributed by atoms with Crippen LogP contribution in [0.3, 0.4) is 0 Å². The molecule has 0 atom stereocenters. The van der Waals surface area contributed by atoms with Gasteiger partial charge in [0.2, 0.25) is 0 Å². The molecule has 0 saturated heterocycles. The highest BCUT2D eigenvalue weighted by molar-refractivity contribution is 7.71. The number of hydrogen-bond donors (Lipinski definition) is 1. The highest BCUT2D eigenvalue weighted by Crippen LogP contribution is 2.17. The summed E-state index contributed by atoms with van der Waals surface area (Å²) in [5, 5.41) is 0.186. The van der Waals surface area contributed by atoms with Gasteiger partial charge in [-0.1, -0.05) is 12.1 Å². The van der Waals surface area contributed by atoms with E-state index < -0.39 is 18.3 Å². The van der Waals surface area contributed by atoms with Crippen molar-refractivity contribution in [3.8, 4) is 0 Å². The standard InChI is InChI=1S/C10H7F3N2OS/c11-10(12,13)5-15-8(16)6-3-1-2-4-7(6)14-9(15)17/h1-4H,5H2,(H,14,17). The van der Waals surface area contributed by atoms with E-state index in [9.17, 15) is 18.0 Å². The number of alkyl halides is 3. The number of aromatic amines is 1. The zero-order chi connectivity index (χ0) is 12.6. The van der Waals surface area contributed by atoms with Crippen LogP contribution in [-0.2, 0) is 6.54 Å². The van der Waals surface area contributed by atoms with Gasteiger partial charge in [0.15, 0.2) is 4.77 Å². The molecule has 2 aromatic rings. The monoisotopic (exact) mass is 260 g/mol. The first-order valence-corrected chi connectivity index (χ1v) is 5.08. The van der Waals surface area contributed by atoms with Gasteiger partial charge in [-0.2, -0.15) is 13.2 Å². The van der Waals surface area contributed by atoms with Crippen LogP contribution in [0, 0.1) is 4.77 Å². The van der Waals surface area contributed by atoms with Gasteiger partial charge in [0, 0.05) is 0 Å². The second-order valence-corrected chi connectivity index (χ2v) is 3.87. The summed E-state index contributed by atoms with van der Waals surface area (Å²) in [6.07, 6.45) is -4.48. The van der Waals surface area contributed by atoms with Gasteiger partial charge in [-0.15, -0.1) is 0 Å². The first kappa shape index (κ1) is 11.8. The Morgan fingerprint density at radius 3 is 2.59 bits per heavy atom. The summed E-state index contributed by atoms with van der Waals surface area (Å²) in [5.74, 6) is 0. The lowest BCUT2D eigenvalue weighted by Gasteiger charge is -2.10. The van der Waals surface area contributed by atoms with Crippen LogP contribution in [-0.4, -0.2) is 15.7 Å². The summed E-state index contributed by atoms with van der Waals surface area (Å²) >= 11 is 4.74. The van der Waals surface area contributed by atoms with E-state index in [4.69, 9.17) is 12.2 Å². The minimum Gasteiger partial charge on any atom is -0.332 e. The van der Waals surface area contributed by atoms with Crippen molar-refractivity contribution in [3.05, 3.63) is 39.4 Å². The molecular weight excluding hydrogens is 253 g/mol. The lowest BCUT2D eigenvalue weighted by atomic mass is 10.2. The molecule has 1 heterocycles. The molecule has 0 fully saturated rings. The van der Waals surface area contributed by atoms with Crippen LogP contribution in [0.5, 0.6) is 0 Å².